The van der Waals surface area contributed by atoms with Crippen LogP contribution in [0.15, 0.2) is 24.4 Å². The van der Waals surface area contributed by atoms with Gasteiger partial charge in [-0.25, -0.2) is 4.79 Å². The summed E-state index contributed by atoms with van der Waals surface area (Å²) in [7, 11) is 0. The molecule has 0 spiro atoms. The van der Waals surface area contributed by atoms with Crippen LogP contribution in [0.3, 0.4) is 0 Å². The highest BCUT2D eigenvalue weighted by molar-refractivity contribution is 5.85. The Morgan fingerprint density at radius 3 is 2.79 bits per heavy atom. The monoisotopic (exact) mass is 264 g/mol. The molecule has 102 valence electrons. The summed E-state index contributed by atoms with van der Waals surface area (Å²) in [5.74, 6) is -0.989. The first kappa shape index (κ1) is 13.4. The number of morpholine rings is 1. The van der Waals surface area contributed by atoms with Crippen LogP contribution in [0.2, 0.25) is 0 Å². The molecular formula is C13H16N2O4. The molecule has 1 aromatic heterocycles. The molecule has 0 saturated carbocycles. The molecule has 0 bridgehead atoms. The van der Waals surface area contributed by atoms with Crippen LogP contribution in [0, 0.1) is 0 Å². The van der Waals surface area contributed by atoms with E-state index in [1.165, 1.54) is 6.08 Å². The van der Waals surface area contributed by atoms with Gasteiger partial charge in [-0.1, -0.05) is 0 Å². The SMILES string of the molecule is O=C(O)/C=C/c1cccn1CC(=O)N1CCOCC1. The van der Waals surface area contributed by atoms with E-state index >= 15 is 0 Å². The molecule has 1 fully saturated rings. The van der Waals surface area contributed by atoms with E-state index in [1.807, 2.05) is 0 Å². The quantitative estimate of drug-likeness (QED) is 0.801. The number of amides is 1. The first-order chi connectivity index (χ1) is 9.16. The van der Waals surface area contributed by atoms with Gasteiger partial charge in [-0.15, -0.1) is 0 Å². The van der Waals surface area contributed by atoms with Gasteiger partial charge in [-0.2, -0.15) is 0 Å². The second-order valence-corrected chi connectivity index (χ2v) is 4.23. The molecule has 0 unspecified atom stereocenters. The van der Waals surface area contributed by atoms with Crippen molar-refractivity contribution < 1.29 is 19.4 Å². The molecule has 19 heavy (non-hydrogen) atoms. The normalized spacial score (nSPS) is 15.9. The Kier molecular flexibility index (Phi) is 4.35. The van der Waals surface area contributed by atoms with Crippen molar-refractivity contribution in [2.24, 2.45) is 0 Å². The van der Waals surface area contributed by atoms with Gasteiger partial charge in [0.15, 0.2) is 0 Å². The zero-order valence-electron chi connectivity index (χ0n) is 10.5. The molecule has 2 heterocycles. The zero-order chi connectivity index (χ0) is 13.7. The standard InChI is InChI=1S/C13H16N2O4/c16-12(14-6-8-19-9-7-14)10-15-5-1-2-11(15)3-4-13(17)18/h1-5H,6-10H2,(H,17,18)/b4-3+. The Morgan fingerprint density at radius 1 is 1.37 bits per heavy atom. The summed E-state index contributed by atoms with van der Waals surface area (Å²) in [6.45, 7) is 2.58. The third-order valence-corrected chi connectivity index (χ3v) is 2.93. The largest absolute Gasteiger partial charge is 0.478 e. The average molecular weight is 264 g/mol. The van der Waals surface area contributed by atoms with Crippen molar-refractivity contribution in [1.82, 2.24) is 9.47 Å². The molecule has 0 radical (unpaired) electrons. The van der Waals surface area contributed by atoms with Crippen LogP contribution < -0.4 is 0 Å². The van der Waals surface area contributed by atoms with Crippen LogP contribution >= 0.6 is 0 Å². The maximum Gasteiger partial charge on any atom is 0.328 e. The van der Waals surface area contributed by atoms with Gasteiger partial charge in [0, 0.05) is 31.1 Å². The number of carboxylic acid groups (broad SMARTS) is 1. The second-order valence-electron chi connectivity index (χ2n) is 4.23. The molecule has 0 aliphatic carbocycles. The fourth-order valence-corrected chi connectivity index (χ4v) is 1.94. The number of nitrogens with zero attached hydrogens (tertiary/aromatic N) is 2. The van der Waals surface area contributed by atoms with E-state index in [0.29, 0.717) is 32.0 Å². The fourth-order valence-electron chi connectivity index (χ4n) is 1.94. The minimum absolute atomic E-state index is 0.0180. The number of aliphatic carboxylic acids is 1. The molecule has 1 aliphatic heterocycles. The van der Waals surface area contributed by atoms with Crippen molar-refractivity contribution in [2.75, 3.05) is 26.3 Å². The third-order valence-electron chi connectivity index (χ3n) is 2.93. The van der Waals surface area contributed by atoms with E-state index in [1.54, 1.807) is 27.8 Å². The van der Waals surface area contributed by atoms with E-state index in [-0.39, 0.29) is 12.5 Å². The average Bonchev–Trinajstić information content (AvgIpc) is 2.84. The van der Waals surface area contributed by atoms with Crippen molar-refractivity contribution in [3.8, 4) is 0 Å². The molecule has 0 aromatic carbocycles. The summed E-state index contributed by atoms with van der Waals surface area (Å²) in [6, 6.07) is 3.56. The van der Waals surface area contributed by atoms with E-state index in [2.05, 4.69) is 0 Å². The minimum Gasteiger partial charge on any atom is -0.478 e. The number of hydrogen-bond donors (Lipinski definition) is 1. The Balaban J connectivity index is 2.00. The van der Waals surface area contributed by atoms with Crippen LogP contribution in [-0.2, 0) is 20.9 Å². The van der Waals surface area contributed by atoms with Gasteiger partial charge in [0.05, 0.1) is 13.2 Å². The van der Waals surface area contributed by atoms with E-state index in [4.69, 9.17) is 9.84 Å². The van der Waals surface area contributed by atoms with Crippen molar-refractivity contribution in [1.29, 1.82) is 0 Å². The number of carbonyl (C=O) groups is 2. The summed E-state index contributed by atoms with van der Waals surface area (Å²) in [5, 5.41) is 8.60. The van der Waals surface area contributed by atoms with Crippen LogP contribution in [0.1, 0.15) is 5.69 Å². The lowest BCUT2D eigenvalue weighted by molar-refractivity contribution is -0.136. The number of ether oxygens (including phenoxy) is 1. The summed E-state index contributed by atoms with van der Waals surface area (Å²) in [4.78, 5) is 24.3. The Hall–Kier alpha value is -2.08. The van der Waals surface area contributed by atoms with Crippen molar-refractivity contribution in [2.45, 2.75) is 6.54 Å². The first-order valence-corrected chi connectivity index (χ1v) is 6.08. The molecule has 1 aromatic rings. The van der Waals surface area contributed by atoms with Gasteiger partial charge in [-0.05, 0) is 18.2 Å². The maximum atomic E-state index is 12.1. The van der Waals surface area contributed by atoms with Crippen molar-refractivity contribution in [3.05, 3.63) is 30.1 Å². The highest BCUT2D eigenvalue weighted by Crippen LogP contribution is 2.07. The molecule has 1 saturated heterocycles. The number of hydrogen-bond acceptors (Lipinski definition) is 3. The van der Waals surface area contributed by atoms with Crippen LogP contribution in [0.25, 0.3) is 6.08 Å². The zero-order valence-corrected chi connectivity index (χ0v) is 10.5. The molecule has 0 atom stereocenters. The molecule has 1 aliphatic rings. The Morgan fingerprint density at radius 2 is 2.11 bits per heavy atom. The van der Waals surface area contributed by atoms with Gasteiger partial charge < -0.3 is 19.3 Å². The van der Waals surface area contributed by atoms with Gasteiger partial charge in [0.2, 0.25) is 5.91 Å². The molecule has 2 rings (SSSR count). The Bertz CT molecular complexity index is 487. The second kappa shape index (κ2) is 6.19. The van der Waals surface area contributed by atoms with Crippen LogP contribution in [0.4, 0.5) is 0 Å². The summed E-state index contributed by atoms with van der Waals surface area (Å²) < 4.78 is 6.93. The number of carbonyl (C=O) groups excluding carboxylic acids is 1. The summed E-state index contributed by atoms with van der Waals surface area (Å²) in [6.07, 6.45) is 4.31. The fraction of sp³-hybridized carbons (Fsp3) is 0.385. The number of aromatic nitrogens is 1. The third kappa shape index (κ3) is 3.69. The van der Waals surface area contributed by atoms with Crippen LogP contribution in [-0.4, -0.2) is 52.8 Å². The van der Waals surface area contributed by atoms with Gasteiger partial charge >= 0.3 is 5.97 Å². The summed E-state index contributed by atoms with van der Waals surface area (Å²) in [5.41, 5.74) is 0.698. The molecule has 6 heteroatoms. The number of carboxylic acids is 1. The molecule has 1 N–H and O–H groups in total. The van der Waals surface area contributed by atoms with Crippen molar-refractivity contribution in [3.63, 3.8) is 0 Å². The smallest absolute Gasteiger partial charge is 0.328 e. The topological polar surface area (TPSA) is 71.8 Å². The minimum atomic E-state index is -1.01. The maximum absolute atomic E-state index is 12.1. The van der Waals surface area contributed by atoms with Gasteiger partial charge in [0.25, 0.3) is 0 Å². The van der Waals surface area contributed by atoms with Crippen molar-refractivity contribution >= 4 is 18.0 Å². The van der Waals surface area contributed by atoms with Crippen LogP contribution in [0.5, 0.6) is 0 Å². The molecule has 6 nitrogen and oxygen atoms in total. The van der Waals surface area contributed by atoms with E-state index in [0.717, 1.165) is 6.08 Å². The van der Waals surface area contributed by atoms with Gasteiger partial charge in [0.1, 0.15) is 6.54 Å². The number of rotatable bonds is 4. The Labute approximate surface area is 110 Å². The lowest BCUT2D eigenvalue weighted by Crippen LogP contribution is -2.42. The van der Waals surface area contributed by atoms with E-state index in [9.17, 15) is 9.59 Å². The van der Waals surface area contributed by atoms with E-state index < -0.39 is 5.97 Å². The van der Waals surface area contributed by atoms with Gasteiger partial charge in [-0.3, -0.25) is 4.79 Å². The molecular weight excluding hydrogens is 248 g/mol. The predicted molar refractivity (Wildman–Crippen MR) is 68.5 cm³/mol. The highest BCUT2D eigenvalue weighted by atomic mass is 16.5. The first-order valence-electron chi connectivity index (χ1n) is 6.08. The highest BCUT2D eigenvalue weighted by Gasteiger charge is 2.17. The summed E-state index contributed by atoms with van der Waals surface area (Å²) >= 11 is 0. The lowest BCUT2D eigenvalue weighted by atomic mass is 10.3. The lowest BCUT2D eigenvalue weighted by Gasteiger charge is -2.27. The predicted octanol–water partition coefficient (Wildman–Crippen LogP) is 0.445. The molecule has 1 amide bonds.